The predicted octanol–water partition coefficient (Wildman–Crippen LogP) is 2.27. The van der Waals surface area contributed by atoms with E-state index in [9.17, 15) is 21.6 Å². The zero-order valence-electron chi connectivity index (χ0n) is 15.5. The average molecular weight is 428 g/mol. The Bertz CT molecular complexity index is 1060. The minimum atomic E-state index is -3.97. The van der Waals surface area contributed by atoms with E-state index in [0.29, 0.717) is 11.3 Å². The van der Waals surface area contributed by atoms with Crippen LogP contribution in [0.5, 0.6) is 0 Å². The van der Waals surface area contributed by atoms with Crippen LogP contribution in [0.2, 0.25) is 0 Å². The Kier molecular flexibility index (Phi) is 6.65. The van der Waals surface area contributed by atoms with Crippen LogP contribution in [0.25, 0.3) is 0 Å². The molecule has 0 aliphatic rings. The minimum Gasteiger partial charge on any atom is -0.450 e. The normalized spacial score (nSPS) is 11.7. The monoisotopic (exact) mass is 427 g/mol. The Hall–Kier alpha value is -2.63. The number of carbonyl (C=O) groups excluding carboxylic acids is 1. The van der Waals surface area contributed by atoms with Gasteiger partial charge in [-0.05, 0) is 62.9 Å². The zero-order valence-corrected chi connectivity index (χ0v) is 17.1. The number of hydrogen-bond donors (Lipinski definition) is 3. The molecule has 0 atom stereocenters. The number of sulfonamides is 2. The topological polar surface area (TPSA) is 131 Å². The van der Waals surface area contributed by atoms with Gasteiger partial charge in [-0.25, -0.2) is 26.4 Å². The number of aryl methyl sites for hydroxylation is 1. The summed E-state index contributed by atoms with van der Waals surface area (Å²) >= 11 is 0. The van der Waals surface area contributed by atoms with Crippen LogP contribution in [0.1, 0.15) is 12.5 Å². The number of ether oxygens (including phenoxy) is 1. The molecule has 152 valence electrons. The molecule has 0 saturated heterocycles. The summed E-state index contributed by atoms with van der Waals surface area (Å²) in [7, 11) is -6.42. The molecule has 0 unspecified atom stereocenters. The van der Waals surface area contributed by atoms with Gasteiger partial charge in [0.1, 0.15) is 0 Å². The van der Waals surface area contributed by atoms with Crippen LogP contribution in [0, 0.1) is 6.92 Å². The van der Waals surface area contributed by atoms with Crippen molar-refractivity contribution >= 4 is 37.5 Å². The second-order valence-electron chi connectivity index (χ2n) is 5.66. The number of rotatable bonds is 7. The number of nitrogens with one attached hydrogen (secondary N) is 3. The van der Waals surface area contributed by atoms with Crippen LogP contribution < -0.4 is 14.8 Å². The fourth-order valence-corrected chi connectivity index (χ4v) is 4.08. The maximum Gasteiger partial charge on any atom is 0.411 e. The van der Waals surface area contributed by atoms with Crippen LogP contribution in [0.15, 0.2) is 52.3 Å². The lowest BCUT2D eigenvalue weighted by molar-refractivity contribution is 0.168. The number of benzene rings is 2. The second kappa shape index (κ2) is 8.59. The molecule has 3 N–H and O–H groups in total. The van der Waals surface area contributed by atoms with Crippen LogP contribution in [-0.2, 0) is 24.8 Å². The molecule has 1 amide bonds. The first kappa shape index (κ1) is 21.7. The highest BCUT2D eigenvalue weighted by Gasteiger charge is 2.18. The molecule has 2 rings (SSSR count). The third-order valence-corrected chi connectivity index (χ3v) is 6.51. The highest BCUT2D eigenvalue weighted by atomic mass is 32.2. The first-order valence-electron chi connectivity index (χ1n) is 8.20. The van der Waals surface area contributed by atoms with E-state index in [1.165, 1.54) is 49.5 Å². The van der Waals surface area contributed by atoms with Crippen LogP contribution in [-0.4, -0.2) is 36.6 Å². The van der Waals surface area contributed by atoms with Crippen molar-refractivity contribution in [3.8, 4) is 0 Å². The van der Waals surface area contributed by atoms with Crippen molar-refractivity contribution < 1.29 is 26.4 Å². The van der Waals surface area contributed by atoms with Gasteiger partial charge in [0, 0.05) is 5.69 Å². The molecule has 0 radical (unpaired) electrons. The summed E-state index contributed by atoms with van der Waals surface area (Å²) in [6, 6.07) is 9.60. The summed E-state index contributed by atoms with van der Waals surface area (Å²) in [5.74, 6) is 0. The zero-order chi connectivity index (χ0) is 20.9. The van der Waals surface area contributed by atoms with Gasteiger partial charge in [-0.15, -0.1) is 0 Å². The lowest BCUT2D eigenvalue weighted by atomic mass is 10.2. The van der Waals surface area contributed by atoms with Crippen LogP contribution >= 0.6 is 0 Å². The predicted molar refractivity (Wildman–Crippen MR) is 105 cm³/mol. The summed E-state index contributed by atoms with van der Waals surface area (Å²) in [5, 5.41) is 2.46. The van der Waals surface area contributed by atoms with Crippen LogP contribution in [0.3, 0.4) is 0 Å². The molecule has 0 heterocycles. The molecular formula is C17H21N3O6S2. The molecule has 11 heteroatoms. The van der Waals surface area contributed by atoms with Crippen molar-refractivity contribution in [1.82, 2.24) is 4.72 Å². The van der Waals surface area contributed by atoms with Gasteiger partial charge in [-0.1, -0.05) is 6.07 Å². The van der Waals surface area contributed by atoms with Crippen molar-refractivity contribution in [1.29, 1.82) is 0 Å². The van der Waals surface area contributed by atoms with Crippen molar-refractivity contribution in [2.24, 2.45) is 0 Å². The van der Waals surface area contributed by atoms with Crippen molar-refractivity contribution in [2.75, 3.05) is 23.7 Å². The van der Waals surface area contributed by atoms with Gasteiger partial charge in [0.15, 0.2) is 0 Å². The first-order valence-corrected chi connectivity index (χ1v) is 11.2. The SMILES string of the molecule is CCOC(=O)Nc1ccc(S(=O)(=O)Nc2cc(S(=O)(=O)NC)ccc2C)cc1. The Morgan fingerprint density at radius 2 is 1.57 bits per heavy atom. The maximum atomic E-state index is 12.6. The fraction of sp³-hybridized carbons (Fsp3) is 0.235. The van der Waals surface area contributed by atoms with E-state index < -0.39 is 26.1 Å². The molecule has 28 heavy (non-hydrogen) atoms. The number of hydrogen-bond acceptors (Lipinski definition) is 6. The molecule has 0 spiro atoms. The number of carbonyl (C=O) groups is 1. The van der Waals surface area contributed by atoms with E-state index in [1.807, 2.05) is 0 Å². The van der Waals surface area contributed by atoms with E-state index >= 15 is 0 Å². The summed E-state index contributed by atoms with van der Waals surface area (Å²) in [6.07, 6.45) is -0.644. The van der Waals surface area contributed by atoms with E-state index in [1.54, 1.807) is 13.8 Å². The first-order chi connectivity index (χ1) is 13.1. The molecular weight excluding hydrogens is 406 g/mol. The Morgan fingerprint density at radius 1 is 0.964 bits per heavy atom. The third kappa shape index (κ3) is 5.21. The molecule has 0 saturated carbocycles. The van der Waals surface area contributed by atoms with Gasteiger partial charge in [0.25, 0.3) is 10.0 Å². The molecule has 9 nitrogen and oxygen atoms in total. The standard InChI is InChI=1S/C17H21N3O6S2/c1-4-26-17(21)19-13-6-9-14(10-7-13)28(24,25)20-16-11-15(8-5-12(16)2)27(22,23)18-3/h5-11,18,20H,4H2,1-3H3,(H,19,21). The summed E-state index contributed by atoms with van der Waals surface area (Å²) in [5.41, 5.74) is 1.07. The van der Waals surface area contributed by atoms with Crippen molar-refractivity contribution in [3.05, 3.63) is 48.0 Å². The van der Waals surface area contributed by atoms with Gasteiger partial charge in [-0.2, -0.15) is 0 Å². The van der Waals surface area contributed by atoms with Crippen molar-refractivity contribution in [2.45, 2.75) is 23.6 Å². The van der Waals surface area contributed by atoms with E-state index in [-0.39, 0.29) is 22.1 Å². The smallest absolute Gasteiger partial charge is 0.411 e. The van der Waals surface area contributed by atoms with Gasteiger partial charge < -0.3 is 4.74 Å². The third-order valence-electron chi connectivity index (χ3n) is 3.72. The molecule has 0 bridgehead atoms. The average Bonchev–Trinajstić information content (AvgIpc) is 2.64. The van der Waals surface area contributed by atoms with Gasteiger partial charge in [0.2, 0.25) is 10.0 Å². The molecule has 2 aromatic carbocycles. The number of amides is 1. The molecule has 0 aromatic heterocycles. The largest absolute Gasteiger partial charge is 0.450 e. The van der Waals surface area contributed by atoms with Gasteiger partial charge in [-0.3, -0.25) is 10.0 Å². The fourth-order valence-electron chi connectivity index (χ4n) is 2.20. The van der Waals surface area contributed by atoms with E-state index in [0.717, 1.165) is 0 Å². The van der Waals surface area contributed by atoms with E-state index in [4.69, 9.17) is 4.74 Å². The lowest BCUT2D eigenvalue weighted by Crippen LogP contribution is -2.19. The number of anilines is 2. The summed E-state index contributed by atoms with van der Waals surface area (Å²) in [4.78, 5) is 11.3. The highest BCUT2D eigenvalue weighted by molar-refractivity contribution is 7.92. The Balaban J connectivity index is 2.26. The molecule has 0 aliphatic heterocycles. The summed E-state index contributed by atoms with van der Waals surface area (Å²) < 4.78 is 58.5. The highest BCUT2D eigenvalue weighted by Crippen LogP contribution is 2.24. The van der Waals surface area contributed by atoms with E-state index in [2.05, 4.69) is 14.8 Å². The van der Waals surface area contributed by atoms with Crippen LogP contribution in [0.4, 0.5) is 16.2 Å². The Labute approximate surface area is 164 Å². The van der Waals surface area contributed by atoms with Gasteiger partial charge >= 0.3 is 6.09 Å². The molecule has 0 fully saturated rings. The molecule has 2 aromatic rings. The minimum absolute atomic E-state index is 0.0526. The maximum absolute atomic E-state index is 12.6. The quantitative estimate of drug-likeness (QED) is 0.621. The van der Waals surface area contributed by atoms with Crippen molar-refractivity contribution in [3.63, 3.8) is 0 Å². The lowest BCUT2D eigenvalue weighted by Gasteiger charge is -2.13. The second-order valence-corrected chi connectivity index (χ2v) is 9.23. The molecule has 0 aliphatic carbocycles. The Morgan fingerprint density at radius 3 is 2.14 bits per heavy atom. The van der Waals surface area contributed by atoms with Gasteiger partial charge in [0.05, 0.1) is 22.1 Å². The summed E-state index contributed by atoms with van der Waals surface area (Å²) in [6.45, 7) is 3.53.